The Hall–Kier alpha value is -1.75. The Morgan fingerprint density at radius 2 is 1.88 bits per heavy atom. The van der Waals surface area contributed by atoms with Crippen LogP contribution in [0.5, 0.6) is 0 Å². The van der Waals surface area contributed by atoms with Crippen molar-refractivity contribution in [2.45, 2.75) is 12.5 Å². The van der Waals surface area contributed by atoms with E-state index in [1.807, 2.05) is 30.3 Å². The molecule has 2 amide bonds. The fourth-order valence-corrected chi connectivity index (χ4v) is 3.73. The van der Waals surface area contributed by atoms with Gasteiger partial charge in [0.15, 0.2) is 0 Å². The molecular formula is C19H21Cl2N3O. The van der Waals surface area contributed by atoms with Gasteiger partial charge in [0.2, 0.25) is 0 Å². The van der Waals surface area contributed by atoms with Crippen LogP contribution in [0.1, 0.15) is 22.6 Å². The number of carbonyl (C=O) groups is 1. The fourth-order valence-electron chi connectivity index (χ4n) is 3.16. The average Bonchev–Trinajstić information content (AvgIpc) is 2.55. The highest BCUT2D eigenvalue weighted by molar-refractivity contribution is 6.35. The van der Waals surface area contributed by atoms with Gasteiger partial charge in [-0.2, -0.15) is 0 Å². The Balaban J connectivity index is 1.91. The molecule has 6 heteroatoms. The van der Waals surface area contributed by atoms with E-state index in [1.165, 1.54) is 16.0 Å². The lowest BCUT2D eigenvalue weighted by atomic mass is 9.85. The summed E-state index contributed by atoms with van der Waals surface area (Å²) in [5.41, 5.74) is 4.26. The summed E-state index contributed by atoms with van der Waals surface area (Å²) in [6, 6.07) is 11.6. The van der Waals surface area contributed by atoms with E-state index < -0.39 is 0 Å². The summed E-state index contributed by atoms with van der Waals surface area (Å²) in [5.74, 6) is 0.198. The van der Waals surface area contributed by atoms with E-state index in [1.54, 1.807) is 20.2 Å². The third kappa shape index (κ3) is 3.92. The Kier molecular flexibility index (Phi) is 5.23. The van der Waals surface area contributed by atoms with E-state index in [0.29, 0.717) is 10.0 Å². The Bertz CT molecular complexity index is 790. The van der Waals surface area contributed by atoms with Gasteiger partial charge in [-0.25, -0.2) is 4.79 Å². The minimum absolute atomic E-state index is 0.144. The highest BCUT2D eigenvalue weighted by atomic mass is 35.5. The molecule has 1 aliphatic rings. The quantitative estimate of drug-likeness (QED) is 0.825. The van der Waals surface area contributed by atoms with E-state index in [9.17, 15) is 4.79 Å². The van der Waals surface area contributed by atoms with Crippen LogP contribution in [0.15, 0.2) is 36.4 Å². The number of nitrogens with one attached hydrogen (secondary N) is 1. The first-order chi connectivity index (χ1) is 11.8. The van der Waals surface area contributed by atoms with Crippen LogP contribution in [-0.2, 0) is 6.54 Å². The first-order valence-corrected chi connectivity index (χ1v) is 8.85. The molecule has 1 heterocycles. The van der Waals surface area contributed by atoms with E-state index in [4.69, 9.17) is 23.2 Å². The minimum Gasteiger partial charge on any atom is -0.331 e. The largest absolute Gasteiger partial charge is 0.331 e. The lowest BCUT2D eigenvalue weighted by Gasteiger charge is -2.33. The van der Waals surface area contributed by atoms with Crippen LogP contribution in [0.4, 0.5) is 10.5 Å². The molecule has 3 rings (SSSR count). The number of fused-ring (bicyclic) bond motifs is 1. The molecule has 0 radical (unpaired) electrons. The van der Waals surface area contributed by atoms with Crippen molar-refractivity contribution in [3.63, 3.8) is 0 Å². The van der Waals surface area contributed by atoms with E-state index in [2.05, 4.69) is 17.3 Å². The van der Waals surface area contributed by atoms with Crippen LogP contribution in [0, 0.1) is 0 Å². The molecule has 0 aromatic heterocycles. The number of hydrogen-bond donors (Lipinski definition) is 1. The summed E-state index contributed by atoms with van der Waals surface area (Å²) in [5, 5.41) is 4.23. The van der Waals surface area contributed by atoms with Crippen LogP contribution in [-0.4, -0.2) is 43.5 Å². The van der Waals surface area contributed by atoms with Gasteiger partial charge in [-0.1, -0.05) is 35.3 Å². The zero-order chi connectivity index (χ0) is 18.1. The Morgan fingerprint density at radius 3 is 2.52 bits per heavy atom. The predicted molar refractivity (Wildman–Crippen MR) is 104 cm³/mol. The van der Waals surface area contributed by atoms with Crippen molar-refractivity contribution < 1.29 is 4.79 Å². The van der Waals surface area contributed by atoms with E-state index in [0.717, 1.165) is 24.3 Å². The number of benzene rings is 2. The van der Waals surface area contributed by atoms with Crippen molar-refractivity contribution in [1.82, 2.24) is 9.80 Å². The van der Waals surface area contributed by atoms with Crippen LogP contribution >= 0.6 is 23.2 Å². The molecule has 1 N–H and O–H groups in total. The second kappa shape index (κ2) is 7.24. The molecule has 2 aromatic carbocycles. The third-order valence-corrected chi connectivity index (χ3v) is 5.02. The van der Waals surface area contributed by atoms with Gasteiger partial charge in [0.1, 0.15) is 0 Å². The number of carbonyl (C=O) groups excluding carboxylic acids is 1. The number of nitrogens with zero attached hydrogens (tertiary/aromatic N) is 2. The molecule has 132 valence electrons. The van der Waals surface area contributed by atoms with Crippen molar-refractivity contribution in [3.8, 4) is 0 Å². The number of halogens is 2. The van der Waals surface area contributed by atoms with Gasteiger partial charge in [-0.3, -0.25) is 0 Å². The highest BCUT2D eigenvalue weighted by Crippen LogP contribution is 2.38. The molecule has 2 aromatic rings. The maximum absolute atomic E-state index is 11.8. The fraction of sp³-hybridized carbons (Fsp3) is 0.316. The van der Waals surface area contributed by atoms with E-state index >= 15 is 0 Å². The summed E-state index contributed by atoms with van der Waals surface area (Å²) in [6.45, 7) is 1.71. The zero-order valence-corrected chi connectivity index (χ0v) is 16.0. The molecular weight excluding hydrogens is 357 g/mol. The monoisotopic (exact) mass is 377 g/mol. The molecule has 0 saturated carbocycles. The van der Waals surface area contributed by atoms with Crippen molar-refractivity contribution in [3.05, 3.63) is 63.1 Å². The maximum Gasteiger partial charge on any atom is 0.321 e. The number of anilines is 1. The summed E-state index contributed by atoms with van der Waals surface area (Å²) in [7, 11) is 5.52. The number of urea groups is 1. The average molecular weight is 378 g/mol. The summed E-state index contributed by atoms with van der Waals surface area (Å²) >= 11 is 12.6. The molecule has 25 heavy (non-hydrogen) atoms. The minimum atomic E-state index is -0.144. The van der Waals surface area contributed by atoms with Gasteiger partial charge >= 0.3 is 6.03 Å². The number of hydrogen-bond acceptors (Lipinski definition) is 2. The highest BCUT2D eigenvalue weighted by Gasteiger charge is 2.27. The van der Waals surface area contributed by atoms with Crippen molar-refractivity contribution in [1.29, 1.82) is 0 Å². The SMILES string of the molecule is CN1Cc2c(Cl)cc(Cl)cc2C(c2ccc(NC(=O)N(C)C)cc2)C1. The number of amides is 2. The molecule has 1 atom stereocenters. The van der Waals surface area contributed by atoms with Crippen LogP contribution < -0.4 is 5.32 Å². The summed E-state index contributed by atoms with van der Waals surface area (Å²) in [6.07, 6.45) is 0. The smallest absolute Gasteiger partial charge is 0.321 e. The standard InChI is InChI=1S/C19H21Cl2N3O/c1-23(2)19(25)22-14-6-4-12(5-7-14)16-10-24(3)11-17-15(16)8-13(20)9-18(17)21/h4-9,16H,10-11H2,1-3H3,(H,22,25). The molecule has 0 saturated heterocycles. The second-order valence-electron chi connectivity index (χ2n) is 6.65. The summed E-state index contributed by atoms with van der Waals surface area (Å²) in [4.78, 5) is 15.5. The number of rotatable bonds is 2. The lowest BCUT2D eigenvalue weighted by molar-refractivity contribution is 0.230. The first-order valence-electron chi connectivity index (χ1n) is 8.10. The first kappa shape index (κ1) is 18.1. The van der Waals surface area contributed by atoms with Gasteiger partial charge in [0, 0.05) is 48.8 Å². The Morgan fingerprint density at radius 1 is 1.20 bits per heavy atom. The second-order valence-corrected chi connectivity index (χ2v) is 7.49. The molecule has 1 unspecified atom stereocenters. The van der Waals surface area contributed by atoms with Gasteiger partial charge in [0.25, 0.3) is 0 Å². The number of likely N-dealkylation sites (N-methyl/N-ethyl adjacent to an activating group) is 1. The Labute approximate surface area is 158 Å². The van der Waals surface area contributed by atoms with Crippen molar-refractivity contribution >= 4 is 34.9 Å². The molecule has 0 spiro atoms. The lowest BCUT2D eigenvalue weighted by Crippen LogP contribution is -2.31. The van der Waals surface area contributed by atoms with Crippen LogP contribution in [0.2, 0.25) is 10.0 Å². The third-order valence-electron chi connectivity index (χ3n) is 4.46. The molecule has 0 aliphatic carbocycles. The van der Waals surface area contributed by atoms with Gasteiger partial charge in [-0.15, -0.1) is 0 Å². The maximum atomic E-state index is 11.8. The molecule has 0 fully saturated rings. The van der Waals surface area contributed by atoms with Gasteiger partial charge in [-0.05, 0) is 48.0 Å². The van der Waals surface area contributed by atoms with Gasteiger partial charge < -0.3 is 15.1 Å². The zero-order valence-electron chi connectivity index (χ0n) is 14.5. The topological polar surface area (TPSA) is 35.6 Å². The summed E-state index contributed by atoms with van der Waals surface area (Å²) < 4.78 is 0. The van der Waals surface area contributed by atoms with Crippen molar-refractivity contribution in [2.24, 2.45) is 0 Å². The van der Waals surface area contributed by atoms with Crippen molar-refractivity contribution in [2.75, 3.05) is 33.0 Å². The molecule has 0 bridgehead atoms. The van der Waals surface area contributed by atoms with Gasteiger partial charge in [0.05, 0.1) is 0 Å². The van der Waals surface area contributed by atoms with Crippen LogP contribution in [0.3, 0.4) is 0 Å². The molecule has 1 aliphatic heterocycles. The predicted octanol–water partition coefficient (Wildman–Crippen LogP) is 4.66. The molecule has 4 nitrogen and oxygen atoms in total. The van der Waals surface area contributed by atoms with Crippen LogP contribution in [0.25, 0.3) is 0 Å². The van der Waals surface area contributed by atoms with E-state index in [-0.39, 0.29) is 11.9 Å². The normalized spacial score (nSPS) is 17.1.